The number of aryl methyl sites for hydroxylation is 1. The van der Waals surface area contributed by atoms with Crippen molar-refractivity contribution >= 4 is 5.91 Å². The number of aromatic nitrogens is 1. The zero-order valence-electron chi connectivity index (χ0n) is 10.6. The number of rotatable bonds is 2. The summed E-state index contributed by atoms with van der Waals surface area (Å²) in [7, 11) is 0. The zero-order valence-corrected chi connectivity index (χ0v) is 10.6. The Morgan fingerprint density at radius 1 is 1.56 bits per heavy atom. The largest absolute Gasteiger partial charge is 0.334 e. The number of H-pyrrole nitrogens is 1. The van der Waals surface area contributed by atoms with Gasteiger partial charge in [-0.1, -0.05) is 0 Å². The van der Waals surface area contributed by atoms with E-state index in [4.69, 9.17) is 5.73 Å². The van der Waals surface area contributed by atoms with Crippen LogP contribution in [-0.4, -0.2) is 34.9 Å². The second kappa shape index (κ2) is 5.35. The smallest absolute Gasteiger partial charge is 0.255 e. The Hall–Kier alpha value is -1.62. The number of carbonyl (C=O) groups is 1. The molecule has 1 amide bonds. The Bertz CT molecular complexity index is 495. The molecule has 1 aromatic rings. The fourth-order valence-corrected chi connectivity index (χ4v) is 2.47. The minimum atomic E-state index is -0.182. The van der Waals surface area contributed by atoms with Crippen LogP contribution in [0.2, 0.25) is 0 Å². The van der Waals surface area contributed by atoms with Gasteiger partial charge in [0.2, 0.25) is 5.56 Å². The maximum Gasteiger partial charge on any atom is 0.255 e. The molecule has 1 atom stereocenters. The summed E-state index contributed by atoms with van der Waals surface area (Å²) in [5.74, 6) is -0.0288. The van der Waals surface area contributed by atoms with E-state index in [-0.39, 0.29) is 17.5 Å². The summed E-state index contributed by atoms with van der Waals surface area (Å²) in [4.78, 5) is 28.0. The Kier molecular flexibility index (Phi) is 3.81. The van der Waals surface area contributed by atoms with E-state index < -0.39 is 0 Å². The molecule has 1 aliphatic rings. The molecule has 1 saturated heterocycles. The second-order valence-corrected chi connectivity index (χ2v) is 4.78. The van der Waals surface area contributed by atoms with Gasteiger partial charge in [-0.05, 0) is 31.7 Å². The number of hydrogen-bond acceptors (Lipinski definition) is 3. The average Bonchev–Trinajstić information content (AvgIpc) is 2.38. The van der Waals surface area contributed by atoms with Crippen LogP contribution in [0.15, 0.2) is 17.1 Å². The second-order valence-electron chi connectivity index (χ2n) is 4.78. The molecular formula is C13H19N3O2. The maximum absolute atomic E-state index is 12.4. The SMILES string of the molecule is Cc1cc(=O)[nH]cc1C(=O)N1CCCCC1CN. The van der Waals surface area contributed by atoms with Crippen LogP contribution in [0.4, 0.5) is 0 Å². The Balaban J connectivity index is 2.26. The van der Waals surface area contributed by atoms with Crippen LogP contribution in [0.1, 0.15) is 35.2 Å². The summed E-state index contributed by atoms with van der Waals surface area (Å²) in [5, 5.41) is 0. The molecule has 0 saturated carbocycles. The van der Waals surface area contributed by atoms with Crippen LogP contribution in [0.3, 0.4) is 0 Å². The molecule has 0 aromatic carbocycles. The fraction of sp³-hybridized carbons (Fsp3) is 0.538. The van der Waals surface area contributed by atoms with Crippen molar-refractivity contribution < 1.29 is 4.79 Å². The van der Waals surface area contributed by atoms with Crippen LogP contribution in [0.5, 0.6) is 0 Å². The minimum absolute atomic E-state index is 0.0288. The number of pyridine rings is 1. The van der Waals surface area contributed by atoms with Crippen molar-refractivity contribution in [2.24, 2.45) is 5.73 Å². The van der Waals surface area contributed by atoms with Crippen molar-refractivity contribution in [3.05, 3.63) is 33.7 Å². The molecule has 1 aliphatic heterocycles. The number of carbonyl (C=O) groups excluding carboxylic acids is 1. The number of likely N-dealkylation sites (tertiary alicyclic amines) is 1. The lowest BCUT2D eigenvalue weighted by Crippen LogP contribution is -2.47. The van der Waals surface area contributed by atoms with Gasteiger partial charge in [-0.15, -0.1) is 0 Å². The van der Waals surface area contributed by atoms with Crippen molar-refractivity contribution in [1.82, 2.24) is 9.88 Å². The molecule has 98 valence electrons. The highest BCUT2D eigenvalue weighted by Crippen LogP contribution is 2.19. The molecule has 5 nitrogen and oxygen atoms in total. The first-order valence-electron chi connectivity index (χ1n) is 6.34. The highest BCUT2D eigenvalue weighted by atomic mass is 16.2. The molecule has 0 radical (unpaired) electrons. The predicted octanol–water partition coefficient (Wildman–Crippen LogP) is 0.637. The number of hydrogen-bond donors (Lipinski definition) is 2. The number of nitrogens with one attached hydrogen (secondary N) is 1. The Labute approximate surface area is 106 Å². The summed E-state index contributed by atoms with van der Waals surface area (Å²) in [5.41, 5.74) is 6.82. The highest BCUT2D eigenvalue weighted by molar-refractivity contribution is 5.95. The van der Waals surface area contributed by atoms with E-state index in [0.717, 1.165) is 25.8 Å². The zero-order chi connectivity index (χ0) is 13.1. The summed E-state index contributed by atoms with van der Waals surface area (Å²) < 4.78 is 0. The van der Waals surface area contributed by atoms with Gasteiger partial charge < -0.3 is 15.6 Å². The van der Waals surface area contributed by atoms with Gasteiger partial charge in [-0.2, -0.15) is 0 Å². The standard InChI is InChI=1S/C13H19N3O2/c1-9-6-12(17)15-8-11(9)13(18)16-5-3-2-4-10(16)7-14/h6,8,10H,2-5,7,14H2,1H3,(H,15,17). The van der Waals surface area contributed by atoms with Crippen LogP contribution in [-0.2, 0) is 0 Å². The van der Waals surface area contributed by atoms with E-state index in [9.17, 15) is 9.59 Å². The third kappa shape index (κ3) is 2.46. The van der Waals surface area contributed by atoms with Crippen molar-refractivity contribution in [3.8, 4) is 0 Å². The van der Waals surface area contributed by atoms with E-state index in [1.54, 1.807) is 6.92 Å². The molecule has 5 heteroatoms. The molecule has 2 rings (SSSR count). The lowest BCUT2D eigenvalue weighted by Gasteiger charge is -2.35. The van der Waals surface area contributed by atoms with E-state index in [2.05, 4.69) is 4.98 Å². The van der Waals surface area contributed by atoms with Gasteiger partial charge in [0.15, 0.2) is 0 Å². The summed E-state index contributed by atoms with van der Waals surface area (Å²) >= 11 is 0. The number of piperidine rings is 1. The number of nitrogens with two attached hydrogens (primary N) is 1. The van der Waals surface area contributed by atoms with Crippen LogP contribution < -0.4 is 11.3 Å². The van der Waals surface area contributed by atoms with Crippen LogP contribution in [0, 0.1) is 6.92 Å². The van der Waals surface area contributed by atoms with Crippen molar-refractivity contribution in [2.45, 2.75) is 32.2 Å². The molecule has 2 heterocycles. The van der Waals surface area contributed by atoms with E-state index >= 15 is 0 Å². The fourth-order valence-electron chi connectivity index (χ4n) is 2.47. The molecule has 3 N–H and O–H groups in total. The molecule has 0 spiro atoms. The van der Waals surface area contributed by atoms with Gasteiger partial charge in [-0.3, -0.25) is 9.59 Å². The van der Waals surface area contributed by atoms with E-state index in [1.165, 1.54) is 12.3 Å². The monoisotopic (exact) mass is 249 g/mol. The minimum Gasteiger partial charge on any atom is -0.334 e. The number of amides is 1. The van der Waals surface area contributed by atoms with E-state index in [0.29, 0.717) is 17.7 Å². The molecular weight excluding hydrogens is 230 g/mol. The van der Waals surface area contributed by atoms with Gasteiger partial charge in [0, 0.05) is 31.4 Å². The van der Waals surface area contributed by atoms with Gasteiger partial charge in [0.25, 0.3) is 5.91 Å². The normalized spacial score (nSPS) is 19.9. The Morgan fingerprint density at radius 2 is 2.33 bits per heavy atom. The summed E-state index contributed by atoms with van der Waals surface area (Å²) in [6, 6.07) is 1.58. The average molecular weight is 249 g/mol. The summed E-state index contributed by atoms with van der Waals surface area (Å²) in [6.45, 7) is 3.03. The van der Waals surface area contributed by atoms with Crippen LogP contribution >= 0.6 is 0 Å². The number of aromatic amines is 1. The first kappa shape index (κ1) is 12.8. The van der Waals surface area contributed by atoms with Crippen molar-refractivity contribution in [1.29, 1.82) is 0 Å². The van der Waals surface area contributed by atoms with Crippen molar-refractivity contribution in [2.75, 3.05) is 13.1 Å². The first-order chi connectivity index (χ1) is 8.63. The molecule has 1 unspecified atom stereocenters. The Morgan fingerprint density at radius 3 is 3.00 bits per heavy atom. The van der Waals surface area contributed by atoms with Gasteiger partial charge in [0.1, 0.15) is 0 Å². The third-order valence-corrected chi connectivity index (χ3v) is 3.52. The highest BCUT2D eigenvalue weighted by Gasteiger charge is 2.27. The molecule has 0 bridgehead atoms. The summed E-state index contributed by atoms with van der Waals surface area (Å²) in [6.07, 6.45) is 4.60. The number of nitrogens with zero attached hydrogens (tertiary/aromatic N) is 1. The topological polar surface area (TPSA) is 79.2 Å². The van der Waals surface area contributed by atoms with E-state index in [1.807, 2.05) is 4.90 Å². The third-order valence-electron chi connectivity index (χ3n) is 3.52. The molecule has 1 fully saturated rings. The lowest BCUT2D eigenvalue weighted by atomic mass is 10.0. The quantitative estimate of drug-likeness (QED) is 0.807. The first-order valence-corrected chi connectivity index (χ1v) is 6.34. The maximum atomic E-state index is 12.4. The van der Waals surface area contributed by atoms with Crippen LogP contribution in [0.25, 0.3) is 0 Å². The van der Waals surface area contributed by atoms with Gasteiger partial charge in [-0.25, -0.2) is 0 Å². The molecule has 1 aromatic heterocycles. The molecule has 0 aliphatic carbocycles. The van der Waals surface area contributed by atoms with Gasteiger partial charge in [0.05, 0.1) is 5.56 Å². The predicted molar refractivity (Wildman–Crippen MR) is 69.5 cm³/mol. The lowest BCUT2D eigenvalue weighted by molar-refractivity contribution is 0.0622. The van der Waals surface area contributed by atoms with Crippen molar-refractivity contribution in [3.63, 3.8) is 0 Å². The van der Waals surface area contributed by atoms with Gasteiger partial charge >= 0.3 is 0 Å². The molecule has 18 heavy (non-hydrogen) atoms.